The lowest BCUT2D eigenvalue weighted by atomic mass is 10.1. The third-order valence-corrected chi connectivity index (χ3v) is 4.53. The second kappa shape index (κ2) is 10.4. The number of nitrogens with zero attached hydrogens (tertiary/aromatic N) is 3. The largest absolute Gasteiger partial charge is 0.466 e. The summed E-state index contributed by atoms with van der Waals surface area (Å²) < 4.78 is 17.3. The highest BCUT2D eigenvalue weighted by atomic mass is 16.6. The van der Waals surface area contributed by atoms with Crippen molar-refractivity contribution in [1.82, 2.24) is 14.7 Å². The van der Waals surface area contributed by atoms with Crippen molar-refractivity contribution in [2.75, 3.05) is 19.8 Å². The molecule has 9 nitrogen and oxygen atoms in total. The first-order chi connectivity index (χ1) is 14.2. The molecule has 0 radical (unpaired) electrons. The molecule has 1 amide bonds. The molecule has 0 aromatic carbocycles. The summed E-state index contributed by atoms with van der Waals surface area (Å²) in [5.41, 5.74) is 1.28. The number of hydrogen-bond donors (Lipinski definition) is 0. The van der Waals surface area contributed by atoms with E-state index < -0.39 is 17.7 Å². The molecule has 0 spiro atoms. The second-order valence-corrected chi connectivity index (χ2v) is 8.13. The summed E-state index contributed by atoms with van der Waals surface area (Å²) in [6.07, 6.45) is 1.76. The Kier molecular flexibility index (Phi) is 8.25. The van der Waals surface area contributed by atoms with E-state index in [9.17, 15) is 14.4 Å². The first-order valence-corrected chi connectivity index (χ1v) is 10.6. The number of carbonyl (C=O) groups is 3. The van der Waals surface area contributed by atoms with Gasteiger partial charge in [-0.2, -0.15) is 5.10 Å². The van der Waals surface area contributed by atoms with Gasteiger partial charge >= 0.3 is 18.0 Å². The van der Waals surface area contributed by atoms with E-state index in [1.54, 1.807) is 23.4 Å². The number of fused-ring (bicyclic) bond motifs is 1. The van der Waals surface area contributed by atoms with Crippen LogP contribution in [0.3, 0.4) is 0 Å². The van der Waals surface area contributed by atoms with Crippen molar-refractivity contribution in [2.24, 2.45) is 0 Å². The highest BCUT2D eigenvalue weighted by molar-refractivity contribution is 5.90. The van der Waals surface area contributed by atoms with Crippen LogP contribution in [0, 0.1) is 0 Å². The minimum Gasteiger partial charge on any atom is -0.466 e. The van der Waals surface area contributed by atoms with E-state index in [4.69, 9.17) is 14.2 Å². The molecule has 1 aromatic rings. The van der Waals surface area contributed by atoms with Crippen LogP contribution in [0.4, 0.5) is 4.79 Å². The number of unbranched alkanes of at least 4 members (excludes halogenated alkanes) is 1. The monoisotopic (exact) mass is 423 g/mol. The molecule has 0 fully saturated rings. The zero-order valence-electron chi connectivity index (χ0n) is 18.7. The summed E-state index contributed by atoms with van der Waals surface area (Å²) in [5, 5.41) is 4.60. The van der Waals surface area contributed by atoms with Gasteiger partial charge in [0.1, 0.15) is 5.60 Å². The third-order valence-electron chi connectivity index (χ3n) is 4.53. The van der Waals surface area contributed by atoms with E-state index in [0.717, 1.165) is 5.69 Å². The lowest BCUT2D eigenvalue weighted by Crippen LogP contribution is -2.40. The van der Waals surface area contributed by atoms with Gasteiger partial charge in [-0.3, -0.25) is 9.48 Å². The van der Waals surface area contributed by atoms with Gasteiger partial charge in [0.05, 0.1) is 25.5 Å². The van der Waals surface area contributed by atoms with Crippen molar-refractivity contribution < 1.29 is 28.6 Å². The van der Waals surface area contributed by atoms with Crippen molar-refractivity contribution in [3.05, 3.63) is 17.0 Å². The van der Waals surface area contributed by atoms with Crippen molar-refractivity contribution >= 4 is 18.0 Å². The maximum atomic E-state index is 12.6. The van der Waals surface area contributed by atoms with Gasteiger partial charge in [0.2, 0.25) is 0 Å². The molecular formula is C21H33N3O6. The van der Waals surface area contributed by atoms with Crippen LogP contribution in [0.15, 0.2) is 0 Å². The molecular weight excluding hydrogens is 390 g/mol. The number of ether oxygens (including phenoxy) is 3. The number of hydrogen-bond acceptors (Lipinski definition) is 7. The molecule has 9 heteroatoms. The summed E-state index contributed by atoms with van der Waals surface area (Å²) in [6, 6.07) is 0. The first-order valence-electron chi connectivity index (χ1n) is 10.6. The van der Waals surface area contributed by atoms with Crippen LogP contribution in [-0.4, -0.2) is 58.1 Å². The Labute approximate surface area is 177 Å². The normalized spacial score (nSPS) is 13.6. The molecule has 0 aliphatic carbocycles. The van der Waals surface area contributed by atoms with Crippen LogP contribution in [0.5, 0.6) is 0 Å². The molecule has 168 valence electrons. The molecule has 0 bridgehead atoms. The average Bonchev–Trinajstić information content (AvgIpc) is 3.01. The molecule has 0 unspecified atom stereocenters. The van der Waals surface area contributed by atoms with Crippen molar-refractivity contribution in [3.8, 4) is 0 Å². The zero-order chi connectivity index (χ0) is 22.3. The number of carbonyl (C=O) groups excluding carboxylic acids is 3. The van der Waals surface area contributed by atoms with Crippen molar-refractivity contribution in [1.29, 1.82) is 0 Å². The van der Waals surface area contributed by atoms with Gasteiger partial charge in [0.25, 0.3) is 0 Å². The first kappa shape index (κ1) is 23.7. The molecule has 2 rings (SSSR count). The summed E-state index contributed by atoms with van der Waals surface area (Å²) in [6.45, 7) is 10.8. The van der Waals surface area contributed by atoms with Gasteiger partial charge in [0, 0.05) is 31.5 Å². The number of rotatable bonds is 8. The maximum Gasteiger partial charge on any atom is 0.410 e. The lowest BCUT2D eigenvalue weighted by molar-refractivity contribution is -0.143. The van der Waals surface area contributed by atoms with E-state index in [1.807, 2.05) is 20.8 Å². The maximum absolute atomic E-state index is 12.6. The number of aryl methyl sites for hydroxylation is 1. The van der Waals surface area contributed by atoms with E-state index in [0.29, 0.717) is 56.6 Å². The lowest BCUT2D eigenvalue weighted by Gasteiger charge is -2.29. The Morgan fingerprint density at radius 3 is 2.40 bits per heavy atom. The standard InChI is InChI=1S/C21H33N3O6/c1-6-28-17(25)10-8-9-12-24-18(19(26)29-7-2)15-14-23(13-11-16(15)22-24)20(27)30-21(3,4)5/h6-14H2,1-5H3. The number of amides is 1. The smallest absolute Gasteiger partial charge is 0.410 e. The fourth-order valence-corrected chi connectivity index (χ4v) is 3.26. The molecule has 2 heterocycles. The van der Waals surface area contributed by atoms with Crippen LogP contribution in [0.1, 0.15) is 75.6 Å². The molecule has 0 saturated heterocycles. The minimum atomic E-state index is -0.593. The summed E-state index contributed by atoms with van der Waals surface area (Å²) in [7, 11) is 0. The second-order valence-electron chi connectivity index (χ2n) is 8.13. The average molecular weight is 424 g/mol. The molecule has 0 N–H and O–H groups in total. The van der Waals surface area contributed by atoms with E-state index in [2.05, 4.69) is 5.10 Å². The van der Waals surface area contributed by atoms with Crippen LogP contribution in [-0.2, 0) is 38.5 Å². The topological polar surface area (TPSA) is 100.0 Å². The van der Waals surface area contributed by atoms with Crippen LogP contribution < -0.4 is 0 Å². The van der Waals surface area contributed by atoms with E-state index in [-0.39, 0.29) is 19.1 Å². The number of esters is 2. The van der Waals surface area contributed by atoms with Gasteiger partial charge in [-0.05, 0) is 47.5 Å². The Hall–Kier alpha value is -2.58. The molecule has 0 atom stereocenters. The highest BCUT2D eigenvalue weighted by Gasteiger charge is 2.32. The van der Waals surface area contributed by atoms with Crippen LogP contribution >= 0.6 is 0 Å². The molecule has 1 aliphatic rings. The number of aromatic nitrogens is 2. The van der Waals surface area contributed by atoms with E-state index in [1.165, 1.54) is 0 Å². The fraction of sp³-hybridized carbons (Fsp3) is 0.714. The Morgan fingerprint density at radius 1 is 1.07 bits per heavy atom. The Balaban J connectivity index is 2.14. The van der Waals surface area contributed by atoms with Crippen LogP contribution in [0.2, 0.25) is 0 Å². The van der Waals surface area contributed by atoms with Gasteiger partial charge < -0.3 is 19.1 Å². The van der Waals surface area contributed by atoms with Gasteiger partial charge in [-0.25, -0.2) is 9.59 Å². The van der Waals surface area contributed by atoms with Gasteiger partial charge in [-0.15, -0.1) is 0 Å². The predicted octanol–water partition coefficient (Wildman–Crippen LogP) is 3.09. The summed E-state index contributed by atoms with van der Waals surface area (Å²) in [5.74, 6) is -0.682. The molecule has 1 aliphatic heterocycles. The van der Waals surface area contributed by atoms with Gasteiger partial charge in [0.15, 0.2) is 5.69 Å². The summed E-state index contributed by atoms with van der Waals surface area (Å²) >= 11 is 0. The molecule has 1 aromatic heterocycles. The zero-order valence-corrected chi connectivity index (χ0v) is 18.7. The quantitative estimate of drug-likeness (QED) is 0.360. The predicted molar refractivity (Wildman–Crippen MR) is 109 cm³/mol. The summed E-state index contributed by atoms with van der Waals surface area (Å²) in [4.78, 5) is 38.2. The minimum absolute atomic E-state index is 0.226. The van der Waals surface area contributed by atoms with Crippen molar-refractivity contribution in [3.63, 3.8) is 0 Å². The van der Waals surface area contributed by atoms with Crippen LogP contribution in [0.25, 0.3) is 0 Å². The van der Waals surface area contributed by atoms with Crippen molar-refractivity contribution in [2.45, 2.75) is 79.0 Å². The Morgan fingerprint density at radius 2 is 1.77 bits per heavy atom. The molecule has 30 heavy (non-hydrogen) atoms. The fourth-order valence-electron chi connectivity index (χ4n) is 3.26. The SMILES string of the molecule is CCOC(=O)CCCCn1nc2c(c1C(=O)OCC)CN(C(=O)OC(C)(C)C)CC2. The van der Waals surface area contributed by atoms with E-state index >= 15 is 0 Å². The Bertz CT molecular complexity index is 766. The molecule has 0 saturated carbocycles. The van der Waals surface area contributed by atoms with Gasteiger partial charge in [-0.1, -0.05) is 0 Å². The highest BCUT2D eigenvalue weighted by Crippen LogP contribution is 2.25. The third kappa shape index (κ3) is 6.47.